The van der Waals surface area contributed by atoms with Crippen molar-refractivity contribution in [3.8, 4) is 5.69 Å². The molecule has 3 nitrogen and oxygen atoms in total. The fraction of sp³-hybridized carbons (Fsp3) is 0.357. The fourth-order valence-corrected chi connectivity index (χ4v) is 1.98. The van der Waals surface area contributed by atoms with Crippen molar-refractivity contribution in [3.63, 3.8) is 0 Å². The molecular weight excluding hydrogens is 212 g/mol. The standard InChI is InChI=1S/C14H18N2O/c1-10(2)8-12-9-16(15-14(12)17)13-7-5-4-6-11(13)3/h4-7,9-10H,8H2,1-3H3,(H,15,17). The van der Waals surface area contributed by atoms with Crippen LogP contribution in [-0.4, -0.2) is 9.78 Å². The van der Waals surface area contributed by atoms with Gasteiger partial charge in [0.15, 0.2) is 0 Å². The molecule has 1 aromatic carbocycles. The number of nitrogens with one attached hydrogen (secondary N) is 1. The van der Waals surface area contributed by atoms with Crippen molar-refractivity contribution in [2.45, 2.75) is 27.2 Å². The summed E-state index contributed by atoms with van der Waals surface area (Å²) in [6, 6.07) is 8.01. The highest BCUT2D eigenvalue weighted by atomic mass is 16.1. The van der Waals surface area contributed by atoms with Crippen LogP contribution in [0.25, 0.3) is 5.69 Å². The monoisotopic (exact) mass is 230 g/mol. The molecule has 2 aromatic rings. The Morgan fingerprint density at radius 3 is 2.65 bits per heavy atom. The minimum atomic E-state index is 0.0157. The van der Waals surface area contributed by atoms with E-state index in [2.05, 4.69) is 18.9 Å². The van der Waals surface area contributed by atoms with Crippen LogP contribution in [0.3, 0.4) is 0 Å². The van der Waals surface area contributed by atoms with Crippen LogP contribution in [0, 0.1) is 12.8 Å². The van der Waals surface area contributed by atoms with Gasteiger partial charge in [-0.15, -0.1) is 0 Å². The Balaban J connectivity index is 2.42. The molecule has 1 heterocycles. The minimum Gasteiger partial charge on any atom is -0.268 e. The summed E-state index contributed by atoms with van der Waals surface area (Å²) in [5.41, 5.74) is 3.04. The van der Waals surface area contributed by atoms with Crippen LogP contribution in [0.2, 0.25) is 0 Å². The maximum absolute atomic E-state index is 11.8. The van der Waals surface area contributed by atoms with Gasteiger partial charge >= 0.3 is 0 Å². The SMILES string of the molecule is Cc1ccccc1-n1cc(CC(C)C)c(=O)[nH]1. The molecule has 0 radical (unpaired) electrons. The molecule has 0 saturated heterocycles. The summed E-state index contributed by atoms with van der Waals surface area (Å²) in [5.74, 6) is 0.490. The van der Waals surface area contributed by atoms with E-state index in [1.807, 2.05) is 42.1 Å². The third-order valence-electron chi connectivity index (χ3n) is 2.80. The summed E-state index contributed by atoms with van der Waals surface area (Å²) < 4.78 is 1.81. The number of hydrogen-bond acceptors (Lipinski definition) is 1. The predicted octanol–water partition coefficient (Wildman–Crippen LogP) is 2.67. The second kappa shape index (κ2) is 4.62. The first-order valence-corrected chi connectivity index (χ1v) is 5.94. The first kappa shape index (κ1) is 11.7. The third-order valence-corrected chi connectivity index (χ3v) is 2.80. The molecular formula is C14H18N2O. The highest BCUT2D eigenvalue weighted by Crippen LogP contribution is 2.12. The molecule has 90 valence electrons. The molecule has 1 aromatic heterocycles. The van der Waals surface area contributed by atoms with Gasteiger partial charge in [0.1, 0.15) is 0 Å². The number of aromatic nitrogens is 2. The number of rotatable bonds is 3. The van der Waals surface area contributed by atoms with Crippen molar-refractivity contribution in [2.75, 3.05) is 0 Å². The number of aromatic amines is 1. The molecule has 0 spiro atoms. The first-order valence-electron chi connectivity index (χ1n) is 5.94. The highest BCUT2D eigenvalue weighted by Gasteiger charge is 2.08. The number of benzene rings is 1. The predicted molar refractivity (Wildman–Crippen MR) is 69.7 cm³/mol. The van der Waals surface area contributed by atoms with Crippen molar-refractivity contribution in [3.05, 3.63) is 51.9 Å². The van der Waals surface area contributed by atoms with Crippen molar-refractivity contribution in [1.82, 2.24) is 9.78 Å². The second-order valence-corrected chi connectivity index (χ2v) is 4.85. The molecule has 0 saturated carbocycles. The topological polar surface area (TPSA) is 37.8 Å². The van der Waals surface area contributed by atoms with Crippen LogP contribution in [-0.2, 0) is 6.42 Å². The molecule has 0 aliphatic carbocycles. The largest absolute Gasteiger partial charge is 0.268 e. The Morgan fingerprint density at radius 2 is 2.00 bits per heavy atom. The first-order chi connectivity index (χ1) is 8.08. The fourth-order valence-electron chi connectivity index (χ4n) is 1.98. The summed E-state index contributed by atoms with van der Waals surface area (Å²) in [6.07, 6.45) is 2.72. The lowest BCUT2D eigenvalue weighted by Crippen LogP contribution is -2.09. The van der Waals surface area contributed by atoms with Gasteiger partial charge in [0.2, 0.25) is 0 Å². The highest BCUT2D eigenvalue weighted by molar-refractivity contribution is 5.39. The second-order valence-electron chi connectivity index (χ2n) is 4.85. The molecule has 0 aliphatic heterocycles. The normalized spacial score (nSPS) is 11.1. The summed E-state index contributed by atoms with van der Waals surface area (Å²) in [6.45, 7) is 6.27. The van der Waals surface area contributed by atoms with Gasteiger partial charge in [0.05, 0.1) is 5.69 Å². The van der Waals surface area contributed by atoms with Crippen LogP contribution in [0.4, 0.5) is 0 Å². The van der Waals surface area contributed by atoms with E-state index in [1.54, 1.807) is 0 Å². The molecule has 2 rings (SSSR count). The maximum atomic E-state index is 11.8. The van der Waals surface area contributed by atoms with Crippen molar-refractivity contribution < 1.29 is 0 Å². The zero-order valence-electron chi connectivity index (χ0n) is 10.5. The molecule has 0 amide bonds. The van der Waals surface area contributed by atoms with Crippen molar-refractivity contribution in [2.24, 2.45) is 5.92 Å². The van der Waals surface area contributed by atoms with Crippen LogP contribution in [0.15, 0.2) is 35.3 Å². The molecule has 0 fully saturated rings. The Hall–Kier alpha value is -1.77. The Morgan fingerprint density at radius 1 is 1.29 bits per heavy atom. The number of para-hydroxylation sites is 1. The average molecular weight is 230 g/mol. The number of H-pyrrole nitrogens is 1. The smallest absolute Gasteiger partial charge is 0.267 e. The van der Waals surface area contributed by atoms with E-state index in [0.29, 0.717) is 5.92 Å². The minimum absolute atomic E-state index is 0.0157. The van der Waals surface area contributed by atoms with E-state index >= 15 is 0 Å². The van der Waals surface area contributed by atoms with Crippen LogP contribution >= 0.6 is 0 Å². The maximum Gasteiger partial charge on any atom is 0.267 e. The van der Waals surface area contributed by atoms with E-state index in [4.69, 9.17) is 0 Å². The van der Waals surface area contributed by atoms with Gasteiger partial charge < -0.3 is 0 Å². The van der Waals surface area contributed by atoms with Crippen molar-refractivity contribution in [1.29, 1.82) is 0 Å². The average Bonchev–Trinajstić information content (AvgIpc) is 2.60. The van der Waals surface area contributed by atoms with E-state index in [-0.39, 0.29) is 5.56 Å². The Bertz CT molecular complexity index is 564. The number of aryl methyl sites for hydroxylation is 1. The zero-order chi connectivity index (χ0) is 12.4. The zero-order valence-corrected chi connectivity index (χ0v) is 10.5. The van der Waals surface area contributed by atoms with E-state index in [1.165, 1.54) is 0 Å². The molecule has 3 heteroatoms. The number of hydrogen-bond donors (Lipinski definition) is 1. The summed E-state index contributed by atoms with van der Waals surface area (Å²) in [7, 11) is 0. The van der Waals surface area contributed by atoms with Crippen LogP contribution in [0.1, 0.15) is 25.0 Å². The van der Waals surface area contributed by atoms with E-state index in [9.17, 15) is 4.79 Å². The molecule has 17 heavy (non-hydrogen) atoms. The summed E-state index contributed by atoms with van der Waals surface area (Å²) >= 11 is 0. The van der Waals surface area contributed by atoms with E-state index in [0.717, 1.165) is 23.2 Å². The van der Waals surface area contributed by atoms with E-state index < -0.39 is 0 Å². The third kappa shape index (κ3) is 2.49. The lowest BCUT2D eigenvalue weighted by Gasteiger charge is -2.05. The van der Waals surface area contributed by atoms with Gasteiger partial charge in [-0.3, -0.25) is 14.6 Å². The quantitative estimate of drug-likeness (QED) is 0.865. The lowest BCUT2D eigenvalue weighted by molar-refractivity contribution is 0.645. The summed E-state index contributed by atoms with van der Waals surface area (Å²) in [4.78, 5) is 11.8. The van der Waals surface area contributed by atoms with Gasteiger partial charge in [0.25, 0.3) is 5.56 Å². The molecule has 0 bridgehead atoms. The van der Waals surface area contributed by atoms with Gasteiger partial charge in [-0.2, -0.15) is 0 Å². The number of nitrogens with zero attached hydrogens (tertiary/aromatic N) is 1. The van der Waals surface area contributed by atoms with Crippen LogP contribution < -0.4 is 5.56 Å². The Labute approximate surface area is 101 Å². The molecule has 0 unspecified atom stereocenters. The molecule has 0 atom stereocenters. The van der Waals surface area contributed by atoms with Crippen LogP contribution in [0.5, 0.6) is 0 Å². The van der Waals surface area contributed by atoms with Gasteiger partial charge in [0, 0.05) is 11.8 Å². The Kier molecular flexibility index (Phi) is 3.18. The van der Waals surface area contributed by atoms with Crippen molar-refractivity contribution >= 4 is 0 Å². The van der Waals surface area contributed by atoms with Gasteiger partial charge in [-0.1, -0.05) is 32.0 Å². The van der Waals surface area contributed by atoms with Gasteiger partial charge in [-0.05, 0) is 30.9 Å². The summed E-state index contributed by atoms with van der Waals surface area (Å²) in [5, 5.41) is 2.87. The molecule has 1 N–H and O–H groups in total. The molecule has 0 aliphatic rings. The van der Waals surface area contributed by atoms with Gasteiger partial charge in [-0.25, -0.2) is 0 Å². The lowest BCUT2D eigenvalue weighted by atomic mass is 10.1.